The summed E-state index contributed by atoms with van der Waals surface area (Å²) in [5.74, 6) is -0.0203. The molecule has 0 aromatic carbocycles. The molecular formula is C12H20N4O2. The first-order chi connectivity index (χ1) is 8.40. The molecular weight excluding hydrogens is 232 g/mol. The van der Waals surface area contributed by atoms with E-state index in [1.807, 2.05) is 13.8 Å². The van der Waals surface area contributed by atoms with Crippen molar-refractivity contribution in [2.75, 3.05) is 19.4 Å². The van der Waals surface area contributed by atoms with E-state index in [2.05, 4.69) is 10.4 Å². The molecule has 0 aliphatic rings. The normalized spacial score (nSPS) is 10.5. The molecule has 1 aromatic rings. The minimum atomic E-state index is -0.202. The molecule has 0 atom stereocenters. The number of hydrogen-bond donors (Lipinski definition) is 1. The van der Waals surface area contributed by atoms with Crippen molar-refractivity contribution < 1.29 is 4.79 Å². The summed E-state index contributed by atoms with van der Waals surface area (Å²) in [7, 11) is 3.38. The molecule has 18 heavy (non-hydrogen) atoms. The van der Waals surface area contributed by atoms with Crippen LogP contribution in [0.5, 0.6) is 0 Å². The quantitative estimate of drug-likeness (QED) is 0.830. The van der Waals surface area contributed by atoms with Crippen molar-refractivity contribution in [1.29, 1.82) is 0 Å². The fraction of sp³-hybridized carbons (Fsp3) is 0.583. The van der Waals surface area contributed by atoms with Crippen molar-refractivity contribution in [3.05, 3.63) is 22.6 Å². The first kappa shape index (κ1) is 14.2. The average Bonchev–Trinajstić information content (AvgIpc) is 2.26. The fourth-order valence-corrected chi connectivity index (χ4v) is 1.44. The second-order valence-electron chi connectivity index (χ2n) is 4.64. The lowest BCUT2D eigenvalue weighted by Gasteiger charge is -2.12. The van der Waals surface area contributed by atoms with Crippen molar-refractivity contribution in [2.24, 2.45) is 0 Å². The highest BCUT2D eigenvalue weighted by molar-refractivity contribution is 5.75. The van der Waals surface area contributed by atoms with Gasteiger partial charge in [0.25, 0.3) is 5.56 Å². The Bertz CT molecular complexity index is 465. The zero-order chi connectivity index (χ0) is 13.7. The van der Waals surface area contributed by atoms with Crippen LogP contribution in [0.3, 0.4) is 0 Å². The SMILES string of the molecule is CC(C)Nc1cnn(CCC(=O)N(C)C)c(=O)c1. The third-order valence-corrected chi connectivity index (χ3v) is 2.36. The molecule has 1 heterocycles. The van der Waals surface area contributed by atoms with E-state index >= 15 is 0 Å². The van der Waals surface area contributed by atoms with Crippen molar-refractivity contribution in [3.8, 4) is 0 Å². The molecule has 6 nitrogen and oxygen atoms in total. The Morgan fingerprint density at radius 3 is 2.67 bits per heavy atom. The number of aryl methyl sites for hydroxylation is 1. The highest BCUT2D eigenvalue weighted by Crippen LogP contribution is 2.02. The van der Waals surface area contributed by atoms with E-state index in [1.165, 1.54) is 15.6 Å². The monoisotopic (exact) mass is 252 g/mol. The Kier molecular flexibility index (Phi) is 4.88. The predicted molar refractivity (Wildman–Crippen MR) is 70.6 cm³/mol. The number of aromatic nitrogens is 2. The number of carbonyl (C=O) groups excluding carboxylic acids is 1. The molecule has 0 spiro atoms. The van der Waals surface area contributed by atoms with Crippen LogP contribution in [0.15, 0.2) is 17.1 Å². The van der Waals surface area contributed by atoms with E-state index in [1.54, 1.807) is 20.3 Å². The van der Waals surface area contributed by atoms with Crippen LogP contribution < -0.4 is 10.9 Å². The lowest BCUT2D eigenvalue weighted by atomic mass is 10.3. The first-order valence-corrected chi connectivity index (χ1v) is 5.94. The Labute approximate surface area is 107 Å². The molecule has 0 saturated carbocycles. The van der Waals surface area contributed by atoms with Crippen molar-refractivity contribution in [2.45, 2.75) is 32.9 Å². The van der Waals surface area contributed by atoms with Crippen LogP contribution in [0.1, 0.15) is 20.3 Å². The Morgan fingerprint density at radius 1 is 1.50 bits per heavy atom. The first-order valence-electron chi connectivity index (χ1n) is 5.94. The molecule has 6 heteroatoms. The van der Waals surface area contributed by atoms with E-state index in [4.69, 9.17) is 0 Å². The molecule has 0 bridgehead atoms. The summed E-state index contributed by atoms with van der Waals surface area (Å²) >= 11 is 0. The Morgan fingerprint density at radius 2 is 2.17 bits per heavy atom. The van der Waals surface area contributed by atoms with Gasteiger partial charge < -0.3 is 10.2 Å². The molecule has 1 N–H and O–H groups in total. The van der Waals surface area contributed by atoms with Crippen LogP contribution in [-0.4, -0.2) is 40.7 Å². The molecule has 100 valence electrons. The molecule has 1 amide bonds. The standard InChI is InChI=1S/C12H20N4O2/c1-9(2)14-10-7-12(18)16(13-8-10)6-5-11(17)15(3)4/h7-9,14H,5-6H2,1-4H3. The van der Waals surface area contributed by atoms with Gasteiger partial charge in [-0.2, -0.15) is 5.10 Å². The fourth-order valence-electron chi connectivity index (χ4n) is 1.44. The summed E-state index contributed by atoms with van der Waals surface area (Å²) < 4.78 is 1.30. The van der Waals surface area contributed by atoms with Gasteiger partial charge in [0.2, 0.25) is 5.91 Å². The second-order valence-corrected chi connectivity index (χ2v) is 4.64. The van der Waals surface area contributed by atoms with Gasteiger partial charge in [-0.3, -0.25) is 9.59 Å². The second kappa shape index (κ2) is 6.18. The molecule has 0 aliphatic heterocycles. The zero-order valence-corrected chi connectivity index (χ0v) is 11.3. The zero-order valence-electron chi connectivity index (χ0n) is 11.3. The maximum absolute atomic E-state index is 11.7. The third kappa shape index (κ3) is 4.20. The molecule has 0 unspecified atom stereocenters. The maximum Gasteiger partial charge on any atom is 0.268 e. The van der Waals surface area contributed by atoms with Gasteiger partial charge in [-0.05, 0) is 13.8 Å². The summed E-state index contributed by atoms with van der Waals surface area (Å²) in [6.07, 6.45) is 1.87. The third-order valence-electron chi connectivity index (χ3n) is 2.36. The molecule has 0 saturated heterocycles. The minimum absolute atomic E-state index is 0.0203. The lowest BCUT2D eigenvalue weighted by Crippen LogP contribution is -2.28. The van der Waals surface area contributed by atoms with Crippen LogP contribution in [0.2, 0.25) is 0 Å². The maximum atomic E-state index is 11.7. The lowest BCUT2D eigenvalue weighted by molar-refractivity contribution is -0.128. The van der Waals surface area contributed by atoms with Gasteiger partial charge in [-0.1, -0.05) is 0 Å². The number of carbonyl (C=O) groups is 1. The van der Waals surface area contributed by atoms with Crippen LogP contribution in [0.4, 0.5) is 5.69 Å². The number of anilines is 1. The van der Waals surface area contributed by atoms with Gasteiger partial charge in [0, 0.05) is 32.6 Å². The Hall–Kier alpha value is -1.85. The summed E-state index contributed by atoms with van der Waals surface area (Å²) in [5.41, 5.74) is 0.498. The van der Waals surface area contributed by atoms with Gasteiger partial charge in [0.1, 0.15) is 0 Å². The molecule has 1 aromatic heterocycles. The predicted octanol–water partition coefficient (Wildman–Crippen LogP) is 0.542. The number of rotatable bonds is 5. The van der Waals surface area contributed by atoms with Crippen LogP contribution in [0.25, 0.3) is 0 Å². The van der Waals surface area contributed by atoms with E-state index < -0.39 is 0 Å². The van der Waals surface area contributed by atoms with Gasteiger partial charge in [0.05, 0.1) is 18.4 Å². The number of nitrogens with zero attached hydrogens (tertiary/aromatic N) is 3. The van der Waals surface area contributed by atoms with E-state index in [9.17, 15) is 9.59 Å². The highest BCUT2D eigenvalue weighted by atomic mass is 16.2. The number of amides is 1. The average molecular weight is 252 g/mol. The van der Waals surface area contributed by atoms with Crippen LogP contribution in [-0.2, 0) is 11.3 Å². The van der Waals surface area contributed by atoms with E-state index in [0.29, 0.717) is 12.2 Å². The topological polar surface area (TPSA) is 67.2 Å². The summed E-state index contributed by atoms with van der Waals surface area (Å²) in [4.78, 5) is 24.6. The van der Waals surface area contributed by atoms with Gasteiger partial charge in [0.15, 0.2) is 0 Å². The highest BCUT2D eigenvalue weighted by Gasteiger charge is 2.06. The van der Waals surface area contributed by atoms with E-state index in [-0.39, 0.29) is 23.9 Å². The van der Waals surface area contributed by atoms with Crippen LogP contribution in [0, 0.1) is 0 Å². The van der Waals surface area contributed by atoms with Crippen molar-refractivity contribution >= 4 is 11.6 Å². The number of nitrogens with one attached hydrogen (secondary N) is 1. The molecule has 0 radical (unpaired) electrons. The van der Waals surface area contributed by atoms with E-state index in [0.717, 1.165) is 0 Å². The smallest absolute Gasteiger partial charge is 0.268 e. The summed E-state index contributed by atoms with van der Waals surface area (Å²) in [6, 6.07) is 1.74. The number of hydrogen-bond acceptors (Lipinski definition) is 4. The molecule has 1 rings (SSSR count). The molecule has 0 fully saturated rings. The Balaban J connectivity index is 2.68. The van der Waals surface area contributed by atoms with Gasteiger partial charge in [-0.25, -0.2) is 4.68 Å². The van der Waals surface area contributed by atoms with Gasteiger partial charge >= 0.3 is 0 Å². The summed E-state index contributed by atoms with van der Waals surface area (Å²) in [5, 5.41) is 7.14. The van der Waals surface area contributed by atoms with Gasteiger partial charge in [-0.15, -0.1) is 0 Å². The minimum Gasteiger partial charge on any atom is -0.381 e. The molecule has 0 aliphatic carbocycles. The van der Waals surface area contributed by atoms with Crippen molar-refractivity contribution in [3.63, 3.8) is 0 Å². The van der Waals surface area contributed by atoms with Crippen molar-refractivity contribution in [1.82, 2.24) is 14.7 Å². The van der Waals surface area contributed by atoms with Crippen LogP contribution >= 0.6 is 0 Å². The summed E-state index contributed by atoms with van der Waals surface area (Å²) in [6.45, 7) is 4.28. The largest absolute Gasteiger partial charge is 0.381 e.